The Labute approximate surface area is 130 Å². The highest BCUT2D eigenvalue weighted by Gasteiger charge is 2.15. The Morgan fingerprint density at radius 2 is 1.77 bits per heavy atom. The first kappa shape index (κ1) is 15.7. The van der Waals surface area contributed by atoms with Gasteiger partial charge in [0.1, 0.15) is 11.5 Å². The van der Waals surface area contributed by atoms with E-state index in [1.807, 2.05) is 13.0 Å². The zero-order valence-corrected chi connectivity index (χ0v) is 12.9. The third-order valence-corrected chi connectivity index (χ3v) is 3.25. The highest BCUT2D eigenvalue weighted by molar-refractivity contribution is 5.94. The molecular formula is C17H20N2O3. The Bertz CT molecular complexity index is 653. The number of nitrogens with two attached hydrogens (primary N) is 1. The standard InChI is InChI=1S/C17H20N2O3/c1-11-10-13(18)4-9-16(11)19-17(20)12(2)22-15-7-5-14(21-3)6-8-15/h4-10,12H,18H2,1-3H3,(H,19,20)/t12-/m0/s1. The highest BCUT2D eigenvalue weighted by Crippen LogP contribution is 2.20. The van der Waals surface area contributed by atoms with Crippen LogP contribution in [0.5, 0.6) is 11.5 Å². The molecule has 0 aromatic heterocycles. The molecule has 1 atom stereocenters. The molecule has 5 nitrogen and oxygen atoms in total. The minimum absolute atomic E-state index is 0.219. The van der Waals surface area contributed by atoms with Gasteiger partial charge in [-0.15, -0.1) is 0 Å². The Balaban J connectivity index is 1.99. The van der Waals surface area contributed by atoms with Crippen molar-refractivity contribution in [2.75, 3.05) is 18.2 Å². The van der Waals surface area contributed by atoms with E-state index in [4.69, 9.17) is 15.2 Å². The summed E-state index contributed by atoms with van der Waals surface area (Å²) in [6, 6.07) is 12.4. The third-order valence-electron chi connectivity index (χ3n) is 3.25. The predicted molar refractivity (Wildman–Crippen MR) is 87.3 cm³/mol. The first-order chi connectivity index (χ1) is 10.5. The van der Waals surface area contributed by atoms with Gasteiger partial charge < -0.3 is 20.5 Å². The Morgan fingerprint density at radius 3 is 2.36 bits per heavy atom. The molecule has 2 aromatic carbocycles. The molecule has 0 unspecified atom stereocenters. The monoisotopic (exact) mass is 300 g/mol. The van der Waals surface area contributed by atoms with E-state index in [1.54, 1.807) is 50.4 Å². The number of carbonyl (C=O) groups is 1. The van der Waals surface area contributed by atoms with Gasteiger partial charge >= 0.3 is 0 Å². The Kier molecular flexibility index (Phi) is 4.88. The quantitative estimate of drug-likeness (QED) is 0.833. The second kappa shape index (κ2) is 6.85. The molecule has 0 aliphatic heterocycles. The number of nitrogens with one attached hydrogen (secondary N) is 1. The molecule has 0 aliphatic rings. The molecule has 0 bridgehead atoms. The lowest BCUT2D eigenvalue weighted by atomic mass is 10.1. The van der Waals surface area contributed by atoms with Gasteiger partial charge in [0.25, 0.3) is 5.91 Å². The van der Waals surface area contributed by atoms with Gasteiger partial charge in [0.05, 0.1) is 7.11 Å². The van der Waals surface area contributed by atoms with Crippen LogP contribution in [0.3, 0.4) is 0 Å². The Morgan fingerprint density at radius 1 is 1.14 bits per heavy atom. The van der Waals surface area contributed by atoms with Gasteiger partial charge in [-0.05, 0) is 61.9 Å². The number of methoxy groups -OCH3 is 1. The van der Waals surface area contributed by atoms with Gasteiger partial charge in [-0.1, -0.05) is 0 Å². The number of carbonyl (C=O) groups excluding carboxylic acids is 1. The number of anilines is 2. The van der Waals surface area contributed by atoms with Crippen molar-refractivity contribution < 1.29 is 14.3 Å². The van der Waals surface area contributed by atoms with E-state index in [-0.39, 0.29) is 5.91 Å². The molecule has 0 saturated carbocycles. The molecule has 0 radical (unpaired) electrons. The molecule has 0 heterocycles. The summed E-state index contributed by atoms with van der Waals surface area (Å²) in [6.45, 7) is 3.59. The maximum atomic E-state index is 12.2. The second-order valence-corrected chi connectivity index (χ2v) is 5.00. The van der Waals surface area contributed by atoms with Gasteiger partial charge in [-0.3, -0.25) is 4.79 Å². The first-order valence-corrected chi connectivity index (χ1v) is 6.97. The zero-order valence-electron chi connectivity index (χ0n) is 12.9. The van der Waals surface area contributed by atoms with E-state index in [9.17, 15) is 4.79 Å². The number of aryl methyl sites for hydroxylation is 1. The summed E-state index contributed by atoms with van der Waals surface area (Å²) in [7, 11) is 1.60. The fourth-order valence-electron chi connectivity index (χ4n) is 1.97. The number of hydrogen-bond acceptors (Lipinski definition) is 4. The van der Waals surface area contributed by atoms with Crippen molar-refractivity contribution in [3.05, 3.63) is 48.0 Å². The van der Waals surface area contributed by atoms with Crippen LogP contribution in [0.15, 0.2) is 42.5 Å². The number of rotatable bonds is 5. The van der Waals surface area contributed by atoms with Gasteiger partial charge in [-0.25, -0.2) is 0 Å². The number of nitrogen functional groups attached to an aromatic ring is 1. The van der Waals surface area contributed by atoms with Crippen LogP contribution in [0.4, 0.5) is 11.4 Å². The average Bonchev–Trinajstić information content (AvgIpc) is 2.50. The lowest BCUT2D eigenvalue weighted by Gasteiger charge is -2.16. The summed E-state index contributed by atoms with van der Waals surface area (Å²) in [6.07, 6.45) is -0.620. The van der Waals surface area contributed by atoms with E-state index in [2.05, 4.69) is 5.32 Å². The normalized spacial score (nSPS) is 11.6. The minimum atomic E-state index is -0.620. The van der Waals surface area contributed by atoms with Crippen molar-refractivity contribution >= 4 is 17.3 Å². The third kappa shape index (κ3) is 3.91. The first-order valence-electron chi connectivity index (χ1n) is 6.97. The lowest BCUT2D eigenvalue weighted by Crippen LogP contribution is -2.30. The maximum Gasteiger partial charge on any atom is 0.265 e. The predicted octanol–water partition coefficient (Wildman–Crippen LogP) is 2.99. The van der Waals surface area contributed by atoms with E-state index in [0.717, 1.165) is 17.0 Å². The van der Waals surface area contributed by atoms with Crippen LogP contribution in [0.1, 0.15) is 12.5 Å². The van der Waals surface area contributed by atoms with E-state index in [1.165, 1.54) is 0 Å². The van der Waals surface area contributed by atoms with Crippen LogP contribution in [0, 0.1) is 6.92 Å². The number of benzene rings is 2. The summed E-state index contributed by atoms with van der Waals surface area (Å²) in [4.78, 5) is 12.2. The van der Waals surface area contributed by atoms with Gasteiger partial charge in [-0.2, -0.15) is 0 Å². The molecule has 0 saturated heterocycles. The molecule has 3 N–H and O–H groups in total. The minimum Gasteiger partial charge on any atom is -0.497 e. The second-order valence-electron chi connectivity index (χ2n) is 5.00. The number of amides is 1. The number of hydrogen-bond donors (Lipinski definition) is 2. The van der Waals surface area contributed by atoms with Crippen molar-refractivity contribution in [3.8, 4) is 11.5 Å². The summed E-state index contributed by atoms with van der Waals surface area (Å²) in [5.41, 5.74) is 7.99. The molecule has 0 fully saturated rings. The molecular weight excluding hydrogens is 280 g/mol. The molecule has 2 rings (SSSR count). The van der Waals surface area contributed by atoms with Crippen LogP contribution in [0.25, 0.3) is 0 Å². The summed E-state index contributed by atoms with van der Waals surface area (Å²) >= 11 is 0. The largest absolute Gasteiger partial charge is 0.497 e. The highest BCUT2D eigenvalue weighted by atomic mass is 16.5. The van der Waals surface area contributed by atoms with Crippen LogP contribution in [-0.4, -0.2) is 19.1 Å². The van der Waals surface area contributed by atoms with Crippen LogP contribution < -0.4 is 20.5 Å². The van der Waals surface area contributed by atoms with Crippen molar-refractivity contribution in [2.24, 2.45) is 0 Å². The molecule has 116 valence electrons. The molecule has 0 spiro atoms. The molecule has 2 aromatic rings. The van der Waals surface area contributed by atoms with Gasteiger partial charge in [0.2, 0.25) is 0 Å². The summed E-state index contributed by atoms with van der Waals surface area (Å²) < 4.78 is 10.7. The topological polar surface area (TPSA) is 73.6 Å². The van der Waals surface area contributed by atoms with E-state index in [0.29, 0.717) is 11.4 Å². The zero-order chi connectivity index (χ0) is 16.1. The smallest absolute Gasteiger partial charge is 0.265 e. The fraction of sp³-hybridized carbons (Fsp3) is 0.235. The maximum absolute atomic E-state index is 12.2. The molecule has 0 aliphatic carbocycles. The van der Waals surface area contributed by atoms with Crippen molar-refractivity contribution in [2.45, 2.75) is 20.0 Å². The molecule has 22 heavy (non-hydrogen) atoms. The van der Waals surface area contributed by atoms with Crippen molar-refractivity contribution in [1.29, 1.82) is 0 Å². The molecule has 1 amide bonds. The lowest BCUT2D eigenvalue weighted by molar-refractivity contribution is -0.122. The fourth-order valence-corrected chi connectivity index (χ4v) is 1.97. The van der Waals surface area contributed by atoms with Crippen LogP contribution >= 0.6 is 0 Å². The average molecular weight is 300 g/mol. The SMILES string of the molecule is COc1ccc(O[C@@H](C)C(=O)Nc2ccc(N)cc2C)cc1. The summed E-state index contributed by atoms with van der Waals surface area (Å²) in [5.74, 6) is 1.13. The van der Waals surface area contributed by atoms with Crippen molar-refractivity contribution in [1.82, 2.24) is 0 Å². The molecule has 5 heteroatoms. The van der Waals surface area contributed by atoms with E-state index >= 15 is 0 Å². The summed E-state index contributed by atoms with van der Waals surface area (Å²) in [5, 5.41) is 2.84. The van der Waals surface area contributed by atoms with Gasteiger partial charge in [0, 0.05) is 11.4 Å². The van der Waals surface area contributed by atoms with Crippen LogP contribution in [-0.2, 0) is 4.79 Å². The number of ether oxygens (including phenoxy) is 2. The van der Waals surface area contributed by atoms with Crippen LogP contribution in [0.2, 0.25) is 0 Å². The van der Waals surface area contributed by atoms with Gasteiger partial charge in [0.15, 0.2) is 6.10 Å². The Hall–Kier alpha value is -2.69. The van der Waals surface area contributed by atoms with E-state index < -0.39 is 6.10 Å². The van der Waals surface area contributed by atoms with Crippen molar-refractivity contribution in [3.63, 3.8) is 0 Å².